The zero-order valence-corrected chi connectivity index (χ0v) is 11.1. The van der Waals surface area contributed by atoms with Crippen LogP contribution in [-0.2, 0) is 9.53 Å². The van der Waals surface area contributed by atoms with E-state index in [1.54, 1.807) is 0 Å². The smallest absolute Gasteiger partial charge is 0.375 e. The van der Waals surface area contributed by atoms with Gasteiger partial charge < -0.3 is 14.9 Å². The number of fused-ring (bicyclic) bond motifs is 1. The summed E-state index contributed by atoms with van der Waals surface area (Å²) in [6.45, 7) is 1.32. The second-order valence-corrected chi connectivity index (χ2v) is 4.50. The fourth-order valence-corrected chi connectivity index (χ4v) is 1.68. The summed E-state index contributed by atoms with van der Waals surface area (Å²) in [5.41, 5.74) is 4.73. The molecule has 2 aromatic rings. The fourth-order valence-electron chi connectivity index (χ4n) is 1.51. The molecular weight excluding hydrogens is 286 g/mol. The third kappa shape index (κ3) is 2.80. The second-order valence-electron chi connectivity index (χ2n) is 4.07. The van der Waals surface area contributed by atoms with Gasteiger partial charge in [-0.15, -0.1) is 0 Å². The molecule has 0 unspecified atom stereocenters. The Morgan fingerprint density at radius 1 is 1.35 bits per heavy atom. The molecule has 0 saturated heterocycles. The summed E-state index contributed by atoms with van der Waals surface area (Å²) in [7, 11) is 0. The average molecular weight is 296 g/mol. The van der Waals surface area contributed by atoms with Gasteiger partial charge in [-0.25, -0.2) is 4.79 Å². The fraction of sp³-hybridized carbons (Fsp3) is 0.154. The van der Waals surface area contributed by atoms with Crippen molar-refractivity contribution in [1.29, 1.82) is 0 Å². The highest BCUT2D eigenvalue weighted by atomic mass is 35.5. The molecule has 0 saturated carbocycles. The van der Waals surface area contributed by atoms with Crippen molar-refractivity contribution in [3.63, 3.8) is 0 Å². The predicted octanol–water partition coefficient (Wildman–Crippen LogP) is 1.48. The van der Waals surface area contributed by atoms with Crippen LogP contribution in [0, 0.1) is 0 Å². The molecule has 1 aromatic carbocycles. The zero-order valence-electron chi connectivity index (χ0n) is 10.4. The molecule has 0 spiro atoms. The number of hydrogen-bond donors (Lipinski definition) is 1. The number of esters is 1. The van der Waals surface area contributed by atoms with E-state index < -0.39 is 23.4 Å². The van der Waals surface area contributed by atoms with Crippen molar-refractivity contribution in [2.45, 2.75) is 13.0 Å². The van der Waals surface area contributed by atoms with E-state index in [9.17, 15) is 14.4 Å². The maximum absolute atomic E-state index is 11.9. The van der Waals surface area contributed by atoms with Crippen LogP contribution in [0.3, 0.4) is 0 Å². The summed E-state index contributed by atoms with van der Waals surface area (Å²) >= 11 is 5.77. The van der Waals surface area contributed by atoms with Gasteiger partial charge in [-0.3, -0.25) is 9.59 Å². The van der Waals surface area contributed by atoms with Gasteiger partial charge in [0.25, 0.3) is 5.91 Å². The Kier molecular flexibility index (Phi) is 3.76. The largest absolute Gasteiger partial charge is 0.449 e. The van der Waals surface area contributed by atoms with Gasteiger partial charge >= 0.3 is 5.97 Å². The first-order chi connectivity index (χ1) is 9.38. The minimum atomic E-state index is -1.12. The predicted molar refractivity (Wildman–Crippen MR) is 71.6 cm³/mol. The van der Waals surface area contributed by atoms with Gasteiger partial charge in [0.05, 0.1) is 5.39 Å². The standard InChI is InChI=1S/C13H10ClNO5/c1-6(12(15)17)19-13(18)11-5-9(16)8-4-7(14)2-3-10(8)20-11/h2-6H,1H3,(H2,15,17)/t6-/m0/s1. The molecule has 2 rings (SSSR count). The van der Waals surface area contributed by atoms with Gasteiger partial charge in [0.15, 0.2) is 11.5 Å². The molecule has 2 N–H and O–H groups in total. The molecule has 1 amide bonds. The molecule has 104 valence electrons. The van der Waals surface area contributed by atoms with Gasteiger partial charge in [-0.05, 0) is 25.1 Å². The van der Waals surface area contributed by atoms with E-state index in [0.717, 1.165) is 6.07 Å². The molecule has 1 atom stereocenters. The van der Waals surface area contributed by atoms with Gasteiger partial charge in [0, 0.05) is 11.1 Å². The Labute approximate surface area is 118 Å². The lowest BCUT2D eigenvalue weighted by molar-refractivity contribution is -0.125. The Balaban J connectivity index is 2.41. The topological polar surface area (TPSA) is 99.6 Å². The van der Waals surface area contributed by atoms with Gasteiger partial charge in [0.2, 0.25) is 5.76 Å². The van der Waals surface area contributed by atoms with Crippen LogP contribution >= 0.6 is 11.6 Å². The van der Waals surface area contributed by atoms with E-state index in [4.69, 9.17) is 26.5 Å². The lowest BCUT2D eigenvalue weighted by atomic mass is 10.2. The Morgan fingerprint density at radius 3 is 2.70 bits per heavy atom. The third-order valence-corrected chi connectivity index (χ3v) is 2.81. The van der Waals surface area contributed by atoms with Gasteiger partial charge in [-0.2, -0.15) is 0 Å². The van der Waals surface area contributed by atoms with Gasteiger partial charge in [0.1, 0.15) is 5.58 Å². The Morgan fingerprint density at radius 2 is 2.05 bits per heavy atom. The number of benzene rings is 1. The SMILES string of the molecule is C[C@H](OC(=O)c1cc(=O)c2cc(Cl)ccc2o1)C(N)=O. The summed E-state index contributed by atoms with van der Waals surface area (Å²) in [5.74, 6) is -2.04. The van der Waals surface area contributed by atoms with Crippen LogP contribution in [0.5, 0.6) is 0 Å². The van der Waals surface area contributed by atoms with Crippen molar-refractivity contribution in [2.75, 3.05) is 0 Å². The van der Waals surface area contributed by atoms with Crippen LogP contribution in [0.2, 0.25) is 5.02 Å². The quantitative estimate of drug-likeness (QED) is 0.864. The minimum absolute atomic E-state index is 0.195. The van der Waals surface area contributed by atoms with Crippen LogP contribution in [0.4, 0.5) is 0 Å². The number of ether oxygens (including phenoxy) is 1. The van der Waals surface area contributed by atoms with Crippen molar-refractivity contribution in [2.24, 2.45) is 5.73 Å². The van der Waals surface area contributed by atoms with Crippen LogP contribution in [0.1, 0.15) is 17.5 Å². The summed E-state index contributed by atoms with van der Waals surface area (Å²) in [5, 5.41) is 0.625. The van der Waals surface area contributed by atoms with Crippen LogP contribution in [-0.4, -0.2) is 18.0 Å². The number of halogens is 1. The number of primary amides is 1. The molecule has 0 aliphatic heterocycles. The van der Waals surface area contributed by atoms with Crippen molar-refractivity contribution in [3.8, 4) is 0 Å². The molecule has 6 nitrogen and oxygen atoms in total. The van der Waals surface area contributed by atoms with Crippen molar-refractivity contribution < 1.29 is 18.7 Å². The summed E-state index contributed by atoms with van der Waals surface area (Å²) in [4.78, 5) is 34.4. The molecule has 7 heteroatoms. The van der Waals surface area contributed by atoms with E-state index in [2.05, 4.69) is 0 Å². The van der Waals surface area contributed by atoms with E-state index >= 15 is 0 Å². The van der Waals surface area contributed by atoms with E-state index in [-0.39, 0.29) is 16.7 Å². The molecule has 0 aliphatic rings. The molecule has 0 aliphatic carbocycles. The summed E-state index contributed by atoms with van der Waals surface area (Å²) in [6, 6.07) is 5.40. The molecule has 1 heterocycles. The highest BCUT2D eigenvalue weighted by Crippen LogP contribution is 2.18. The molecular formula is C13H10ClNO5. The van der Waals surface area contributed by atoms with E-state index in [1.807, 2.05) is 0 Å². The summed E-state index contributed by atoms with van der Waals surface area (Å²) < 4.78 is 10.0. The number of hydrogen-bond acceptors (Lipinski definition) is 5. The minimum Gasteiger partial charge on any atom is -0.449 e. The van der Waals surface area contributed by atoms with Crippen molar-refractivity contribution >= 4 is 34.4 Å². The second kappa shape index (κ2) is 5.34. The molecule has 20 heavy (non-hydrogen) atoms. The third-order valence-electron chi connectivity index (χ3n) is 2.57. The Bertz CT molecular complexity index is 752. The zero-order chi connectivity index (χ0) is 14.9. The van der Waals surface area contributed by atoms with Crippen LogP contribution in [0.25, 0.3) is 11.0 Å². The first-order valence-corrected chi connectivity index (χ1v) is 6.00. The molecule has 1 aromatic heterocycles. The number of carbonyl (C=O) groups excluding carboxylic acids is 2. The highest BCUT2D eigenvalue weighted by molar-refractivity contribution is 6.31. The number of rotatable bonds is 3. The van der Waals surface area contributed by atoms with Crippen molar-refractivity contribution in [3.05, 3.63) is 45.3 Å². The number of amides is 1. The molecule has 0 bridgehead atoms. The lowest BCUT2D eigenvalue weighted by Gasteiger charge is -2.09. The first kappa shape index (κ1) is 14.1. The highest BCUT2D eigenvalue weighted by Gasteiger charge is 2.19. The van der Waals surface area contributed by atoms with E-state index in [0.29, 0.717) is 5.02 Å². The average Bonchev–Trinajstić information content (AvgIpc) is 2.39. The first-order valence-electron chi connectivity index (χ1n) is 5.62. The maximum atomic E-state index is 11.9. The number of carbonyl (C=O) groups is 2. The van der Waals surface area contributed by atoms with Crippen molar-refractivity contribution in [1.82, 2.24) is 0 Å². The maximum Gasteiger partial charge on any atom is 0.375 e. The lowest BCUT2D eigenvalue weighted by Crippen LogP contribution is -2.30. The monoisotopic (exact) mass is 295 g/mol. The van der Waals surface area contributed by atoms with Crippen LogP contribution < -0.4 is 11.2 Å². The Hall–Kier alpha value is -2.34. The van der Waals surface area contributed by atoms with E-state index in [1.165, 1.54) is 25.1 Å². The summed E-state index contributed by atoms with van der Waals surface area (Å²) in [6.07, 6.45) is -1.12. The number of nitrogens with two attached hydrogens (primary N) is 1. The molecule has 0 fully saturated rings. The van der Waals surface area contributed by atoms with Crippen LogP contribution in [0.15, 0.2) is 33.5 Å². The normalized spacial score (nSPS) is 12.1. The van der Waals surface area contributed by atoms with Gasteiger partial charge in [-0.1, -0.05) is 11.6 Å². The molecule has 0 radical (unpaired) electrons.